The van der Waals surface area contributed by atoms with E-state index in [1.54, 1.807) is 32.9 Å². The van der Waals surface area contributed by atoms with Crippen LogP contribution in [0.1, 0.15) is 39.7 Å². The summed E-state index contributed by atoms with van der Waals surface area (Å²) < 4.78 is 29.2. The molecule has 3 aromatic rings. The van der Waals surface area contributed by atoms with E-state index < -0.39 is 29.5 Å². The highest BCUT2D eigenvalue weighted by Gasteiger charge is 2.35. The van der Waals surface area contributed by atoms with E-state index in [9.17, 15) is 23.2 Å². The molecule has 35 heavy (non-hydrogen) atoms. The predicted octanol–water partition coefficient (Wildman–Crippen LogP) is 3.79. The van der Waals surface area contributed by atoms with Crippen molar-refractivity contribution in [3.8, 4) is 0 Å². The molecule has 1 saturated heterocycles. The van der Waals surface area contributed by atoms with Crippen molar-refractivity contribution >= 4 is 29.1 Å². The number of amides is 2. The number of nitrogens with zero attached hydrogens (tertiary/aromatic N) is 3. The molecule has 7 nitrogen and oxygen atoms in total. The van der Waals surface area contributed by atoms with E-state index in [4.69, 9.17) is 11.6 Å². The maximum absolute atomic E-state index is 14.7. The van der Waals surface area contributed by atoms with E-state index in [0.717, 1.165) is 5.56 Å². The van der Waals surface area contributed by atoms with Crippen LogP contribution >= 0.6 is 11.6 Å². The lowest BCUT2D eigenvalue weighted by molar-refractivity contribution is -0.121. The van der Waals surface area contributed by atoms with Crippen LogP contribution in [0.4, 0.5) is 14.5 Å². The molecule has 0 aliphatic carbocycles. The van der Waals surface area contributed by atoms with Gasteiger partial charge in [-0.05, 0) is 56.2 Å². The summed E-state index contributed by atoms with van der Waals surface area (Å²) in [7, 11) is 0. The minimum atomic E-state index is -0.718. The number of aromatic amines is 1. The smallest absolute Gasteiger partial charge is 0.267 e. The lowest BCUT2D eigenvalue weighted by Crippen LogP contribution is -2.57. The highest BCUT2D eigenvalue weighted by atomic mass is 35.5. The van der Waals surface area contributed by atoms with Crippen LogP contribution in [0.3, 0.4) is 0 Å². The number of nitrogens with one attached hydrogen (secondary N) is 1. The van der Waals surface area contributed by atoms with Crippen molar-refractivity contribution in [2.24, 2.45) is 0 Å². The van der Waals surface area contributed by atoms with Crippen LogP contribution in [0.5, 0.6) is 0 Å². The minimum absolute atomic E-state index is 0.0364. The second-order valence-electron chi connectivity index (χ2n) is 8.61. The fraction of sp³-hybridized carbons (Fsp3) is 0.280. The van der Waals surface area contributed by atoms with E-state index in [1.807, 2.05) is 0 Å². The van der Waals surface area contributed by atoms with Gasteiger partial charge in [0.1, 0.15) is 12.4 Å². The van der Waals surface area contributed by atoms with Crippen LogP contribution in [0.2, 0.25) is 5.02 Å². The van der Waals surface area contributed by atoms with Crippen molar-refractivity contribution in [2.75, 3.05) is 18.0 Å². The average Bonchev–Trinajstić information content (AvgIpc) is 2.82. The molecule has 1 atom stereocenters. The highest BCUT2D eigenvalue weighted by Crippen LogP contribution is 2.29. The Hall–Kier alpha value is -3.59. The van der Waals surface area contributed by atoms with Gasteiger partial charge in [-0.25, -0.2) is 13.9 Å². The lowest BCUT2D eigenvalue weighted by atomic mass is 10.0. The van der Waals surface area contributed by atoms with Gasteiger partial charge < -0.3 is 9.80 Å². The number of H-pyrrole nitrogens is 1. The van der Waals surface area contributed by atoms with Gasteiger partial charge >= 0.3 is 0 Å². The molecule has 10 heteroatoms. The van der Waals surface area contributed by atoms with Gasteiger partial charge in [0.2, 0.25) is 5.91 Å². The molecule has 2 heterocycles. The first-order chi connectivity index (χ1) is 16.6. The number of carbonyl (C=O) groups excluding carboxylic acids is 2. The van der Waals surface area contributed by atoms with Crippen molar-refractivity contribution in [2.45, 2.75) is 33.2 Å². The first-order valence-corrected chi connectivity index (χ1v) is 11.3. The largest absolute Gasteiger partial charge is 0.327 e. The van der Waals surface area contributed by atoms with Gasteiger partial charge in [-0.1, -0.05) is 23.7 Å². The van der Waals surface area contributed by atoms with Gasteiger partial charge in [0, 0.05) is 18.5 Å². The summed E-state index contributed by atoms with van der Waals surface area (Å²) in [6.07, 6.45) is 0.279. The van der Waals surface area contributed by atoms with Crippen molar-refractivity contribution in [3.05, 3.63) is 91.4 Å². The topological polar surface area (TPSA) is 86.4 Å². The first kappa shape index (κ1) is 24.5. The number of hydrogen-bond acceptors (Lipinski definition) is 4. The molecule has 0 unspecified atom stereocenters. The van der Waals surface area contributed by atoms with Gasteiger partial charge in [0.05, 0.1) is 28.0 Å². The van der Waals surface area contributed by atoms with Gasteiger partial charge in [0.15, 0.2) is 5.82 Å². The van der Waals surface area contributed by atoms with E-state index in [1.165, 1.54) is 34.1 Å². The number of benzene rings is 2. The standard InChI is InChI=1S/C25H23ClF2N4O3/c1-13-11-31(12-22(33)32(13)21-6-4-5-18(26)23(21)28)25(35)17-9-16(7-8-19(17)27)10-20-14(2)15(3)24(34)30-29-20/h4-9,13H,10-12H2,1-3H3,(H,30,34)/t13-/m1/s1. The van der Waals surface area contributed by atoms with E-state index in [0.29, 0.717) is 16.8 Å². The Kier molecular flexibility index (Phi) is 6.71. The monoisotopic (exact) mass is 500 g/mol. The Morgan fingerprint density at radius 2 is 1.91 bits per heavy atom. The predicted molar refractivity (Wildman–Crippen MR) is 128 cm³/mol. The summed E-state index contributed by atoms with van der Waals surface area (Å²) in [5.41, 5.74) is 2.06. The van der Waals surface area contributed by atoms with Gasteiger partial charge in [-0.2, -0.15) is 5.10 Å². The molecule has 1 aliphatic rings. The van der Waals surface area contributed by atoms with Crippen molar-refractivity contribution in [1.82, 2.24) is 15.1 Å². The second-order valence-corrected chi connectivity index (χ2v) is 9.02. The Morgan fingerprint density at radius 1 is 1.17 bits per heavy atom. The molecule has 1 N–H and O–H groups in total. The molecule has 4 rings (SSSR count). The molecule has 1 aromatic heterocycles. The van der Waals surface area contributed by atoms with Crippen LogP contribution in [-0.4, -0.2) is 46.0 Å². The zero-order chi connectivity index (χ0) is 25.4. The van der Waals surface area contributed by atoms with Crippen LogP contribution in [0.25, 0.3) is 0 Å². The number of carbonyl (C=O) groups is 2. The molecule has 1 fully saturated rings. The zero-order valence-electron chi connectivity index (χ0n) is 19.4. The van der Waals surface area contributed by atoms with E-state index in [-0.39, 0.29) is 41.3 Å². The van der Waals surface area contributed by atoms with Crippen LogP contribution in [-0.2, 0) is 11.2 Å². The Balaban J connectivity index is 1.57. The van der Waals surface area contributed by atoms with Gasteiger partial charge in [-0.3, -0.25) is 14.4 Å². The van der Waals surface area contributed by atoms with Crippen LogP contribution in [0, 0.1) is 25.5 Å². The van der Waals surface area contributed by atoms with Crippen LogP contribution in [0.15, 0.2) is 41.2 Å². The number of piperazine rings is 1. The number of aromatic nitrogens is 2. The molecule has 0 spiro atoms. The maximum atomic E-state index is 14.7. The van der Waals surface area contributed by atoms with Crippen molar-refractivity contribution < 1.29 is 18.4 Å². The third kappa shape index (κ3) is 4.68. The molecular formula is C25H23ClF2N4O3. The Labute approximate surface area is 205 Å². The number of anilines is 1. The third-order valence-electron chi connectivity index (χ3n) is 6.26. The average molecular weight is 501 g/mol. The number of halogens is 3. The lowest BCUT2D eigenvalue weighted by Gasteiger charge is -2.39. The van der Waals surface area contributed by atoms with Gasteiger partial charge in [-0.15, -0.1) is 0 Å². The molecule has 0 radical (unpaired) electrons. The normalized spacial score (nSPS) is 16.1. The van der Waals surface area contributed by atoms with E-state index in [2.05, 4.69) is 10.2 Å². The summed E-state index contributed by atoms with van der Waals surface area (Å²) in [6.45, 7) is 4.89. The van der Waals surface area contributed by atoms with Crippen molar-refractivity contribution in [3.63, 3.8) is 0 Å². The maximum Gasteiger partial charge on any atom is 0.267 e. The van der Waals surface area contributed by atoms with Gasteiger partial charge in [0.25, 0.3) is 11.5 Å². The molecule has 182 valence electrons. The summed E-state index contributed by atoms with van der Waals surface area (Å²) in [6, 6.07) is 7.98. The van der Waals surface area contributed by atoms with E-state index >= 15 is 0 Å². The summed E-state index contributed by atoms with van der Waals surface area (Å²) in [5, 5.41) is 6.40. The SMILES string of the molecule is Cc1c(Cc2ccc(F)c(C(=O)N3CC(=O)N(c4cccc(Cl)c4F)[C@H](C)C3)c2)n[nH]c(=O)c1C. The molecular weight excluding hydrogens is 478 g/mol. The quantitative estimate of drug-likeness (QED) is 0.590. The molecule has 2 amide bonds. The Bertz CT molecular complexity index is 1390. The Morgan fingerprint density at radius 3 is 2.63 bits per heavy atom. The van der Waals surface area contributed by atoms with Crippen LogP contribution < -0.4 is 10.5 Å². The second kappa shape index (κ2) is 9.58. The third-order valence-corrected chi connectivity index (χ3v) is 6.55. The fourth-order valence-electron chi connectivity index (χ4n) is 4.21. The number of rotatable bonds is 4. The summed E-state index contributed by atoms with van der Waals surface area (Å²) in [4.78, 5) is 40.4. The fourth-order valence-corrected chi connectivity index (χ4v) is 4.38. The number of hydrogen-bond donors (Lipinski definition) is 1. The first-order valence-electron chi connectivity index (χ1n) is 11.0. The summed E-state index contributed by atoms with van der Waals surface area (Å²) >= 11 is 5.86. The van der Waals surface area contributed by atoms with Crippen molar-refractivity contribution in [1.29, 1.82) is 0 Å². The molecule has 2 aromatic carbocycles. The molecule has 0 saturated carbocycles. The molecule has 1 aliphatic heterocycles. The minimum Gasteiger partial charge on any atom is -0.327 e. The zero-order valence-corrected chi connectivity index (χ0v) is 20.1. The highest BCUT2D eigenvalue weighted by molar-refractivity contribution is 6.31. The summed E-state index contributed by atoms with van der Waals surface area (Å²) in [5.74, 6) is -2.57. The molecule has 0 bridgehead atoms.